The van der Waals surface area contributed by atoms with Crippen molar-refractivity contribution in [1.29, 1.82) is 0 Å². The standard InChI is InChI=1S/C27H21F3N4O3/c1-2-36-24(35)22-21-23(34(33-22)20-16-10-5-11-17-20)37-25(31-19-14-8-4-9-15-19)32-26(21,27(28,29)30)18-12-6-3-7-13-18/h3-17H,2H2,1H3,(H,31,32)/t26-/m1/s1. The van der Waals surface area contributed by atoms with Crippen molar-refractivity contribution in [2.24, 2.45) is 4.99 Å². The number of para-hydroxylation sites is 2. The van der Waals surface area contributed by atoms with Gasteiger partial charge in [0.15, 0.2) is 5.69 Å². The summed E-state index contributed by atoms with van der Waals surface area (Å²) in [6.45, 7) is 1.50. The van der Waals surface area contributed by atoms with E-state index in [1.54, 1.807) is 73.7 Å². The van der Waals surface area contributed by atoms with Crippen LogP contribution in [-0.2, 0) is 10.3 Å². The fraction of sp³-hybridized carbons (Fsp3) is 0.148. The third-order valence-electron chi connectivity index (χ3n) is 5.76. The second-order valence-electron chi connectivity index (χ2n) is 8.08. The first-order valence-electron chi connectivity index (χ1n) is 11.4. The Balaban J connectivity index is 1.85. The Hall–Kier alpha value is -4.60. The zero-order valence-corrected chi connectivity index (χ0v) is 19.6. The Kier molecular flexibility index (Phi) is 6.16. The largest absolute Gasteiger partial charge is 0.461 e. The average Bonchev–Trinajstić information content (AvgIpc) is 3.29. The lowest BCUT2D eigenvalue weighted by atomic mass is 9.81. The summed E-state index contributed by atoms with van der Waals surface area (Å²) >= 11 is 0. The molecule has 0 saturated heterocycles. The number of aliphatic imine (C=N–C) groups is 1. The molecule has 7 nitrogen and oxygen atoms in total. The van der Waals surface area contributed by atoms with E-state index in [2.05, 4.69) is 15.4 Å². The fourth-order valence-electron chi connectivity index (χ4n) is 4.19. The van der Waals surface area contributed by atoms with E-state index < -0.39 is 35.0 Å². The SMILES string of the molecule is CCOC(=O)c1nn(-c2ccccc2)c2c1[C@](c1ccccc1)(C(F)(F)F)N=C(Nc1ccccc1)O2. The van der Waals surface area contributed by atoms with Crippen LogP contribution in [0.2, 0.25) is 0 Å². The number of benzene rings is 3. The number of anilines is 1. The fourth-order valence-corrected chi connectivity index (χ4v) is 4.19. The second kappa shape index (κ2) is 9.45. The smallest absolute Gasteiger partial charge is 0.422 e. The summed E-state index contributed by atoms with van der Waals surface area (Å²) in [4.78, 5) is 17.1. The number of fused-ring (bicyclic) bond motifs is 1. The molecule has 1 N–H and O–H groups in total. The Morgan fingerprint density at radius 2 is 1.57 bits per heavy atom. The van der Waals surface area contributed by atoms with Crippen LogP contribution in [0, 0.1) is 0 Å². The number of hydrogen-bond acceptors (Lipinski definition) is 6. The van der Waals surface area contributed by atoms with Crippen LogP contribution >= 0.6 is 0 Å². The van der Waals surface area contributed by atoms with Gasteiger partial charge in [0.1, 0.15) is 0 Å². The predicted octanol–water partition coefficient (Wildman–Crippen LogP) is 5.72. The van der Waals surface area contributed by atoms with Crippen molar-refractivity contribution in [3.8, 4) is 11.6 Å². The van der Waals surface area contributed by atoms with Gasteiger partial charge >= 0.3 is 12.1 Å². The molecule has 0 radical (unpaired) electrons. The van der Waals surface area contributed by atoms with Crippen molar-refractivity contribution < 1.29 is 27.4 Å². The van der Waals surface area contributed by atoms with Gasteiger partial charge in [0.25, 0.3) is 6.02 Å². The number of ether oxygens (including phenoxy) is 2. The van der Waals surface area contributed by atoms with Gasteiger partial charge in [-0.05, 0) is 36.8 Å². The third-order valence-corrected chi connectivity index (χ3v) is 5.76. The molecule has 1 atom stereocenters. The minimum absolute atomic E-state index is 0.0545. The number of rotatable bonds is 5. The molecule has 0 unspecified atom stereocenters. The van der Waals surface area contributed by atoms with E-state index in [0.29, 0.717) is 11.4 Å². The molecule has 4 aromatic rings. The van der Waals surface area contributed by atoms with E-state index in [-0.39, 0.29) is 18.1 Å². The summed E-state index contributed by atoms with van der Waals surface area (Å²) in [5.74, 6) is -1.32. The zero-order chi connectivity index (χ0) is 26.0. The highest BCUT2D eigenvalue weighted by molar-refractivity contribution is 5.96. The summed E-state index contributed by atoms with van der Waals surface area (Å²) in [7, 11) is 0. The van der Waals surface area contributed by atoms with Crippen LogP contribution < -0.4 is 10.1 Å². The van der Waals surface area contributed by atoms with Gasteiger partial charge in [-0.25, -0.2) is 9.79 Å². The summed E-state index contributed by atoms with van der Waals surface area (Å²) < 4.78 is 58.2. The number of nitrogens with one attached hydrogen (secondary N) is 1. The molecule has 37 heavy (non-hydrogen) atoms. The molecule has 5 rings (SSSR count). The Labute approximate surface area is 210 Å². The average molecular weight is 506 g/mol. The molecule has 1 aromatic heterocycles. The van der Waals surface area contributed by atoms with Crippen LogP contribution in [-0.4, -0.2) is 34.6 Å². The van der Waals surface area contributed by atoms with Crippen molar-refractivity contribution in [2.45, 2.75) is 18.6 Å². The molecule has 0 fully saturated rings. The van der Waals surface area contributed by atoms with Gasteiger partial charge in [-0.3, -0.25) is 0 Å². The van der Waals surface area contributed by atoms with Crippen molar-refractivity contribution in [1.82, 2.24) is 9.78 Å². The number of esters is 1. The maximum atomic E-state index is 15.3. The van der Waals surface area contributed by atoms with E-state index in [1.165, 1.54) is 24.3 Å². The summed E-state index contributed by atoms with van der Waals surface area (Å²) in [5, 5.41) is 7.10. The van der Waals surface area contributed by atoms with E-state index in [0.717, 1.165) is 4.68 Å². The number of nitrogens with zero attached hydrogens (tertiary/aromatic N) is 3. The Morgan fingerprint density at radius 1 is 0.973 bits per heavy atom. The van der Waals surface area contributed by atoms with Gasteiger partial charge < -0.3 is 14.8 Å². The van der Waals surface area contributed by atoms with Crippen LogP contribution in [0.1, 0.15) is 28.5 Å². The van der Waals surface area contributed by atoms with Gasteiger partial charge in [0.2, 0.25) is 11.4 Å². The molecule has 0 spiro atoms. The summed E-state index contributed by atoms with van der Waals surface area (Å²) in [6.07, 6.45) is -5.00. The molecular weight excluding hydrogens is 485 g/mol. The van der Waals surface area contributed by atoms with Crippen molar-refractivity contribution in [2.75, 3.05) is 11.9 Å². The van der Waals surface area contributed by atoms with Crippen molar-refractivity contribution in [3.63, 3.8) is 0 Å². The minimum atomic E-state index is -5.00. The van der Waals surface area contributed by atoms with Crippen LogP contribution in [0.15, 0.2) is 96.0 Å². The summed E-state index contributed by atoms with van der Waals surface area (Å²) in [5.41, 5.74) is -3.47. The third kappa shape index (κ3) is 4.20. The van der Waals surface area contributed by atoms with Crippen LogP contribution in [0.4, 0.5) is 18.9 Å². The molecular formula is C27H21F3N4O3. The molecule has 0 amide bonds. The highest BCUT2D eigenvalue weighted by atomic mass is 19.4. The van der Waals surface area contributed by atoms with Gasteiger partial charge in [-0.1, -0.05) is 66.7 Å². The molecule has 0 saturated carbocycles. The van der Waals surface area contributed by atoms with E-state index in [4.69, 9.17) is 9.47 Å². The van der Waals surface area contributed by atoms with Crippen molar-refractivity contribution in [3.05, 3.63) is 108 Å². The zero-order valence-electron chi connectivity index (χ0n) is 19.6. The molecule has 3 aromatic carbocycles. The van der Waals surface area contributed by atoms with Gasteiger partial charge in [0.05, 0.1) is 17.9 Å². The van der Waals surface area contributed by atoms with Crippen LogP contribution in [0.25, 0.3) is 5.69 Å². The highest BCUT2D eigenvalue weighted by Gasteiger charge is 2.64. The van der Waals surface area contributed by atoms with Crippen LogP contribution in [0.3, 0.4) is 0 Å². The van der Waals surface area contributed by atoms with E-state index in [1.807, 2.05) is 0 Å². The second-order valence-corrected chi connectivity index (χ2v) is 8.08. The molecule has 0 aliphatic carbocycles. The van der Waals surface area contributed by atoms with E-state index in [9.17, 15) is 4.79 Å². The number of hydrogen-bond donors (Lipinski definition) is 1. The van der Waals surface area contributed by atoms with Gasteiger partial charge in [-0.2, -0.15) is 23.0 Å². The number of amidine groups is 1. The van der Waals surface area contributed by atoms with E-state index >= 15 is 13.2 Å². The molecule has 0 bridgehead atoms. The lowest BCUT2D eigenvalue weighted by Crippen LogP contribution is -2.47. The number of aromatic nitrogens is 2. The topological polar surface area (TPSA) is 77.7 Å². The molecule has 1 aliphatic heterocycles. The number of carbonyl (C=O) groups excluding carboxylic acids is 1. The molecule has 2 heterocycles. The maximum Gasteiger partial charge on any atom is 0.422 e. The Morgan fingerprint density at radius 3 is 2.16 bits per heavy atom. The van der Waals surface area contributed by atoms with Gasteiger partial charge in [0, 0.05) is 5.69 Å². The highest BCUT2D eigenvalue weighted by Crippen LogP contribution is 2.54. The van der Waals surface area contributed by atoms with Gasteiger partial charge in [-0.15, -0.1) is 0 Å². The first kappa shape index (κ1) is 24.1. The first-order valence-corrected chi connectivity index (χ1v) is 11.4. The lowest BCUT2D eigenvalue weighted by molar-refractivity contribution is -0.177. The number of alkyl halides is 3. The molecule has 1 aliphatic rings. The normalized spacial score (nSPS) is 16.8. The first-order chi connectivity index (χ1) is 17.8. The van der Waals surface area contributed by atoms with Crippen LogP contribution in [0.5, 0.6) is 5.88 Å². The number of halogens is 3. The Bertz CT molecular complexity index is 1440. The van der Waals surface area contributed by atoms with Crippen molar-refractivity contribution >= 4 is 17.7 Å². The monoisotopic (exact) mass is 506 g/mol. The number of carbonyl (C=O) groups is 1. The lowest BCUT2D eigenvalue weighted by Gasteiger charge is -2.36. The minimum Gasteiger partial charge on any atom is -0.461 e. The maximum absolute atomic E-state index is 15.3. The molecule has 188 valence electrons. The summed E-state index contributed by atoms with van der Waals surface area (Å²) in [6, 6.07) is 23.7. The molecule has 10 heteroatoms. The quantitative estimate of drug-likeness (QED) is 0.351. The predicted molar refractivity (Wildman–Crippen MR) is 131 cm³/mol.